The van der Waals surface area contributed by atoms with Crippen LogP contribution in [0, 0.1) is 0 Å². The summed E-state index contributed by atoms with van der Waals surface area (Å²) in [5.74, 6) is 0.114. The van der Waals surface area contributed by atoms with E-state index in [9.17, 15) is 22.8 Å². The smallest absolute Gasteiger partial charge is 0.435 e. The number of ether oxygens (including phenoxy) is 2. The van der Waals surface area contributed by atoms with Crippen LogP contribution in [0.4, 0.5) is 18.9 Å². The van der Waals surface area contributed by atoms with Crippen LogP contribution in [0.2, 0.25) is 0 Å². The number of anilines is 1. The molecule has 0 bridgehead atoms. The van der Waals surface area contributed by atoms with Crippen LogP contribution in [0.25, 0.3) is 0 Å². The Kier molecular flexibility index (Phi) is 5.95. The van der Waals surface area contributed by atoms with Gasteiger partial charge in [-0.25, -0.2) is 0 Å². The average Bonchev–Trinajstić information content (AvgIpc) is 3.15. The minimum absolute atomic E-state index is 0.209. The van der Waals surface area contributed by atoms with Gasteiger partial charge in [-0.2, -0.15) is 18.3 Å². The van der Waals surface area contributed by atoms with Gasteiger partial charge in [-0.3, -0.25) is 14.3 Å². The number of rotatable bonds is 6. The van der Waals surface area contributed by atoms with Crippen LogP contribution >= 0.6 is 0 Å². The minimum atomic E-state index is -4.58. The predicted molar refractivity (Wildman–Crippen MR) is 95.5 cm³/mol. The Morgan fingerprint density at radius 1 is 1.21 bits per heavy atom. The molecule has 1 aliphatic rings. The number of amides is 2. The summed E-state index contributed by atoms with van der Waals surface area (Å²) in [5.41, 5.74) is -0.602. The molecule has 1 N–H and O–H groups in total. The normalized spacial score (nSPS) is 13.1. The van der Waals surface area contributed by atoms with Crippen molar-refractivity contribution in [3.63, 3.8) is 0 Å². The zero-order valence-electron chi connectivity index (χ0n) is 15.5. The van der Waals surface area contributed by atoms with E-state index in [-0.39, 0.29) is 13.1 Å². The molecular weight excluding hydrogens is 393 g/mol. The molecule has 3 rings (SSSR count). The van der Waals surface area contributed by atoms with Gasteiger partial charge in [0.1, 0.15) is 19.8 Å². The highest BCUT2D eigenvalue weighted by Crippen LogP contribution is 2.32. The molecular formula is C18H19F3N4O4. The first-order valence-corrected chi connectivity index (χ1v) is 8.84. The maximum atomic E-state index is 12.6. The molecule has 1 aromatic heterocycles. The van der Waals surface area contributed by atoms with Gasteiger partial charge >= 0.3 is 6.18 Å². The van der Waals surface area contributed by atoms with Gasteiger partial charge in [0.05, 0.1) is 6.54 Å². The summed E-state index contributed by atoms with van der Waals surface area (Å²) in [6, 6.07) is 5.72. The van der Waals surface area contributed by atoms with Gasteiger partial charge in [0.15, 0.2) is 17.2 Å². The lowest BCUT2D eigenvalue weighted by molar-refractivity contribution is -0.142. The van der Waals surface area contributed by atoms with Crippen molar-refractivity contribution in [1.29, 1.82) is 0 Å². The molecule has 2 aromatic rings. The van der Waals surface area contributed by atoms with Gasteiger partial charge in [-0.1, -0.05) is 0 Å². The van der Waals surface area contributed by atoms with E-state index in [2.05, 4.69) is 10.4 Å². The van der Waals surface area contributed by atoms with Gasteiger partial charge in [0, 0.05) is 24.5 Å². The van der Waals surface area contributed by atoms with Crippen molar-refractivity contribution in [2.24, 2.45) is 0 Å². The number of aromatic nitrogens is 2. The summed E-state index contributed by atoms with van der Waals surface area (Å²) in [4.78, 5) is 25.9. The van der Waals surface area contributed by atoms with Crippen molar-refractivity contribution in [2.45, 2.75) is 19.6 Å². The lowest BCUT2D eigenvalue weighted by atomic mass is 10.2. The SMILES string of the molecule is CCN(CC(=O)Nc1ccc2c(c1)OCCO2)C(=O)Cn1ccc(C(F)(F)F)n1. The molecule has 1 aliphatic heterocycles. The predicted octanol–water partition coefficient (Wildman–Crippen LogP) is 2.16. The second-order valence-corrected chi connectivity index (χ2v) is 6.21. The van der Waals surface area contributed by atoms with Crippen LogP contribution in [-0.4, -0.2) is 52.8 Å². The Balaban J connectivity index is 1.58. The number of halogens is 3. The maximum Gasteiger partial charge on any atom is 0.435 e. The second kappa shape index (κ2) is 8.41. The van der Waals surface area contributed by atoms with Crippen molar-refractivity contribution >= 4 is 17.5 Å². The van der Waals surface area contributed by atoms with Gasteiger partial charge in [0.25, 0.3) is 0 Å². The van der Waals surface area contributed by atoms with E-state index >= 15 is 0 Å². The summed E-state index contributed by atoms with van der Waals surface area (Å²) in [6.45, 7) is 2.08. The van der Waals surface area contributed by atoms with Gasteiger partial charge in [0.2, 0.25) is 11.8 Å². The molecule has 0 saturated carbocycles. The fourth-order valence-corrected chi connectivity index (χ4v) is 2.71. The largest absolute Gasteiger partial charge is 0.486 e. The molecule has 1 aromatic carbocycles. The van der Waals surface area contributed by atoms with Crippen molar-refractivity contribution < 1.29 is 32.2 Å². The van der Waals surface area contributed by atoms with E-state index < -0.39 is 30.2 Å². The highest BCUT2D eigenvalue weighted by molar-refractivity contribution is 5.94. The number of carbonyl (C=O) groups is 2. The highest BCUT2D eigenvalue weighted by Gasteiger charge is 2.33. The molecule has 0 saturated heterocycles. The first-order chi connectivity index (χ1) is 13.8. The van der Waals surface area contributed by atoms with Crippen molar-refractivity contribution in [3.05, 3.63) is 36.2 Å². The lowest BCUT2D eigenvalue weighted by Crippen LogP contribution is -2.39. The molecule has 0 spiro atoms. The van der Waals surface area contributed by atoms with E-state index in [1.165, 1.54) is 4.90 Å². The number of likely N-dealkylation sites (N-methyl/N-ethyl adjacent to an activating group) is 1. The quantitative estimate of drug-likeness (QED) is 0.786. The van der Waals surface area contributed by atoms with Crippen molar-refractivity contribution in [2.75, 3.05) is 31.6 Å². The number of fused-ring (bicyclic) bond motifs is 1. The molecule has 2 amide bonds. The number of nitrogens with one attached hydrogen (secondary N) is 1. The summed E-state index contributed by atoms with van der Waals surface area (Å²) >= 11 is 0. The molecule has 0 unspecified atom stereocenters. The molecule has 29 heavy (non-hydrogen) atoms. The zero-order chi connectivity index (χ0) is 21.0. The summed E-state index contributed by atoms with van der Waals surface area (Å²) in [6.07, 6.45) is -3.51. The van der Waals surface area contributed by atoms with E-state index in [0.717, 1.165) is 16.9 Å². The zero-order valence-corrected chi connectivity index (χ0v) is 15.5. The Hall–Kier alpha value is -3.24. The van der Waals surface area contributed by atoms with Crippen LogP contribution in [0.3, 0.4) is 0 Å². The number of benzene rings is 1. The van der Waals surface area contributed by atoms with Crippen LogP contribution < -0.4 is 14.8 Å². The Morgan fingerprint density at radius 3 is 2.59 bits per heavy atom. The van der Waals surface area contributed by atoms with Gasteiger partial charge in [-0.15, -0.1) is 0 Å². The standard InChI is InChI=1S/C18H19F3N4O4/c1-2-24(17(27)11-25-6-5-15(23-25)18(19,20)21)10-16(26)22-12-3-4-13-14(9-12)29-8-7-28-13/h3-6,9H,2,7-8,10-11H2,1H3,(H,22,26). The third-order valence-electron chi connectivity index (χ3n) is 4.12. The third kappa shape index (κ3) is 5.18. The maximum absolute atomic E-state index is 12.6. The van der Waals surface area contributed by atoms with Crippen LogP contribution in [-0.2, 0) is 22.3 Å². The monoisotopic (exact) mass is 412 g/mol. The van der Waals surface area contributed by atoms with Crippen LogP contribution in [0.5, 0.6) is 11.5 Å². The Labute approximate surface area is 164 Å². The number of alkyl halides is 3. The Morgan fingerprint density at radius 2 is 1.93 bits per heavy atom. The van der Waals surface area contributed by atoms with E-state index in [0.29, 0.717) is 30.4 Å². The number of hydrogen-bond acceptors (Lipinski definition) is 5. The topological polar surface area (TPSA) is 85.7 Å². The summed E-state index contributed by atoms with van der Waals surface area (Å²) in [7, 11) is 0. The average molecular weight is 412 g/mol. The number of carbonyl (C=O) groups excluding carboxylic acids is 2. The van der Waals surface area contributed by atoms with Crippen molar-refractivity contribution in [1.82, 2.24) is 14.7 Å². The number of hydrogen-bond donors (Lipinski definition) is 1. The van der Waals surface area contributed by atoms with E-state index in [1.54, 1.807) is 25.1 Å². The molecule has 8 nitrogen and oxygen atoms in total. The van der Waals surface area contributed by atoms with E-state index in [4.69, 9.17) is 9.47 Å². The van der Waals surface area contributed by atoms with Gasteiger partial charge < -0.3 is 19.7 Å². The van der Waals surface area contributed by atoms with Gasteiger partial charge in [-0.05, 0) is 25.1 Å². The lowest BCUT2D eigenvalue weighted by Gasteiger charge is -2.21. The first-order valence-electron chi connectivity index (χ1n) is 8.84. The molecule has 0 radical (unpaired) electrons. The second-order valence-electron chi connectivity index (χ2n) is 6.21. The summed E-state index contributed by atoms with van der Waals surface area (Å²) < 4.78 is 49.6. The molecule has 156 valence electrons. The molecule has 2 heterocycles. The molecule has 11 heteroatoms. The van der Waals surface area contributed by atoms with Crippen LogP contribution in [0.15, 0.2) is 30.5 Å². The summed E-state index contributed by atoms with van der Waals surface area (Å²) in [5, 5.41) is 6.00. The van der Waals surface area contributed by atoms with Crippen LogP contribution in [0.1, 0.15) is 12.6 Å². The third-order valence-corrected chi connectivity index (χ3v) is 4.12. The number of nitrogens with zero attached hydrogens (tertiary/aromatic N) is 3. The molecule has 0 fully saturated rings. The first kappa shape index (κ1) is 20.5. The fourth-order valence-electron chi connectivity index (χ4n) is 2.71. The fraction of sp³-hybridized carbons (Fsp3) is 0.389. The molecule has 0 aliphatic carbocycles. The highest BCUT2D eigenvalue weighted by atomic mass is 19.4. The Bertz CT molecular complexity index is 897. The van der Waals surface area contributed by atoms with Crippen molar-refractivity contribution in [3.8, 4) is 11.5 Å². The minimum Gasteiger partial charge on any atom is -0.486 e. The van der Waals surface area contributed by atoms with E-state index in [1.807, 2.05) is 0 Å². The molecule has 0 atom stereocenters.